The van der Waals surface area contributed by atoms with Crippen molar-refractivity contribution < 1.29 is 32.2 Å². The number of carbonyl (C=O) groups is 2. The van der Waals surface area contributed by atoms with Gasteiger partial charge in [-0.3, -0.25) is 4.79 Å². The Morgan fingerprint density at radius 2 is 1.67 bits per heavy atom. The largest absolute Gasteiger partial charge is 0.573 e. The predicted molar refractivity (Wildman–Crippen MR) is 160 cm³/mol. The molecule has 0 saturated carbocycles. The minimum absolute atomic E-state index is 0.0468. The van der Waals surface area contributed by atoms with E-state index in [1.54, 1.807) is 60.4 Å². The van der Waals surface area contributed by atoms with Gasteiger partial charge in [-0.25, -0.2) is 4.79 Å². The molecule has 1 aliphatic rings. The van der Waals surface area contributed by atoms with Gasteiger partial charge < -0.3 is 25.0 Å². The Bertz CT molecular complexity index is 1370. The molecule has 4 rings (SSSR count). The Labute approximate surface area is 250 Å². The third-order valence-corrected chi connectivity index (χ3v) is 7.28. The van der Waals surface area contributed by atoms with E-state index in [0.717, 1.165) is 25.3 Å². The summed E-state index contributed by atoms with van der Waals surface area (Å²) >= 11 is 0. The standard InChI is InChI=1S/C33H38F3N3O4/c1-3-4-5-9-17-37-32(41)39-18-15-26(16-19-39)42-27-14-10-13-25(21-27)38-31(40)29-22-28(43-33(34,35)36)20-23(2)30(29)24-11-7-6-8-12-24/h6-8,10-14,20-22,26H,3-5,9,15-19H2,1-2H3,(H,37,41)(H,38,40). The molecule has 10 heteroatoms. The summed E-state index contributed by atoms with van der Waals surface area (Å²) in [5.41, 5.74) is 2.15. The smallest absolute Gasteiger partial charge is 0.490 e. The van der Waals surface area contributed by atoms with Crippen molar-refractivity contribution in [3.63, 3.8) is 0 Å². The van der Waals surface area contributed by atoms with Crippen LogP contribution >= 0.6 is 0 Å². The van der Waals surface area contributed by atoms with Crippen molar-refractivity contribution >= 4 is 17.6 Å². The predicted octanol–water partition coefficient (Wildman–Crippen LogP) is 7.95. The molecular weight excluding hydrogens is 559 g/mol. The zero-order chi connectivity index (χ0) is 30.8. The number of piperidine rings is 1. The molecule has 43 heavy (non-hydrogen) atoms. The Morgan fingerprint density at radius 1 is 0.930 bits per heavy atom. The SMILES string of the molecule is CCCCCCNC(=O)N1CCC(Oc2cccc(NC(=O)c3cc(OC(F)(F)F)cc(C)c3-c3ccccc3)c2)CC1. The lowest BCUT2D eigenvalue weighted by atomic mass is 9.94. The summed E-state index contributed by atoms with van der Waals surface area (Å²) in [5.74, 6) is -0.505. The number of halogens is 3. The van der Waals surface area contributed by atoms with E-state index >= 15 is 0 Å². The number of rotatable bonds is 11. The number of anilines is 1. The van der Waals surface area contributed by atoms with Gasteiger partial charge >= 0.3 is 12.4 Å². The first-order chi connectivity index (χ1) is 20.6. The molecule has 7 nitrogen and oxygen atoms in total. The zero-order valence-electron chi connectivity index (χ0n) is 24.5. The zero-order valence-corrected chi connectivity index (χ0v) is 24.5. The average Bonchev–Trinajstić information content (AvgIpc) is 2.97. The van der Waals surface area contributed by atoms with Gasteiger partial charge in [-0.2, -0.15) is 0 Å². The molecule has 2 N–H and O–H groups in total. The molecule has 0 radical (unpaired) electrons. The highest BCUT2D eigenvalue weighted by Gasteiger charge is 2.32. The first-order valence-corrected chi connectivity index (χ1v) is 14.7. The second kappa shape index (κ2) is 14.8. The van der Waals surface area contributed by atoms with E-state index in [1.807, 2.05) is 6.07 Å². The fourth-order valence-corrected chi connectivity index (χ4v) is 5.19. The van der Waals surface area contributed by atoms with Crippen molar-refractivity contribution in [3.05, 3.63) is 77.9 Å². The summed E-state index contributed by atoms with van der Waals surface area (Å²) in [7, 11) is 0. The number of alkyl halides is 3. The number of nitrogens with zero attached hydrogens (tertiary/aromatic N) is 1. The first-order valence-electron chi connectivity index (χ1n) is 14.7. The summed E-state index contributed by atoms with van der Waals surface area (Å²) in [6.07, 6.45) is 0.765. The molecule has 230 valence electrons. The molecule has 1 fully saturated rings. The molecule has 0 aromatic heterocycles. The molecule has 1 heterocycles. The molecular formula is C33H38F3N3O4. The summed E-state index contributed by atoms with van der Waals surface area (Å²) in [6.45, 7) is 5.64. The maximum Gasteiger partial charge on any atom is 0.573 e. The summed E-state index contributed by atoms with van der Waals surface area (Å²) in [5, 5.41) is 5.79. The third kappa shape index (κ3) is 9.39. The number of nitrogens with one attached hydrogen (secondary N) is 2. The Kier molecular flexibility index (Phi) is 10.9. The maximum absolute atomic E-state index is 13.5. The summed E-state index contributed by atoms with van der Waals surface area (Å²) in [6, 6.07) is 18.2. The van der Waals surface area contributed by atoms with Crippen molar-refractivity contribution in [1.82, 2.24) is 10.2 Å². The van der Waals surface area contributed by atoms with Crippen LogP contribution in [0.15, 0.2) is 66.7 Å². The third-order valence-electron chi connectivity index (χ3n) is 7.28. The van der Waals surface area contributed by atoms with E-state index in [2.05, 4.69) is 22.3 Å². The number of ether oxygens (including phenoxy) is 2. The van der Waals surface area contributed by atoms with Crippen molar-refractivity contribution in [1.29, 1.82) is 0 Å². The van der Waals surface area contributed by atoms with Gasteiger partial charge in [0.15, 0.2) is 0 Å². The highest BCUT2D eigenvalue weighted by molar-refractivity contribution is 6.09. The van der Waals surface area contributed by atoms with Gasteiger partial charge in [-0.1, -0.05) is 62.6 Å². The van der Waals surface area contributed by atoms with E-state index in [9.17, 15) is 22.8 Å². The molecule has 3 aromatic carbocycles. The van der Waals surface area contributed by atoms with Crippen LogP contribution in [0.25, 0.3) is 11.1 Å². The van der Waals surface area contributed by atoms with E-state index in [-0.39, 0.29) is 17.7 Å². The number of unbranched alkanes of at least 4 members (excludes halogenated alkanes) is 3. The highest BCUT2D eigenvalue weighted by atomic mass is 19.4. The van der Waals surface area contributed by atoms with Gasteiger partial charge in [-0.05, 0) is 54.3 Å². The van der Waals surface area contributed by atoms with Crippen molar-refractivity contribution in [2.24, 2.45) is 0 Å². The summed E-state index contributed by atoms with van der Waals surface area (Å²) < 4.78 is 49.3. The van der Waals surface area contributed by atoms with Crippen LogP contribution in [0.3, 0.4) is 0 Å². The number of hydrogen-bond donors (Lipinski definition) is 2. The molecule has 0 spiro atoms. The van der Waals surface area contributed by atoms with Crippen molar-refractivity contribution in [3.8, 4) is 22.6 Å². The van der Waals surface area contributed by atoms with Crippen LogP contribution in [0.4, 0.5) is 23.7 Å². The first kappa shape index (κ1) is 31.7. The maximum atomic E-state index is 13.5. The molecule has 3 aromatic rings. The van der Waals surface area contributed by atoms with E-state index in [1.165, 1.54) is 12.5 Å². The number of carbonyl (C=O) groups excluding carboxylic acids is 2. The van der Waals surface area contributed by atoms with Crippen LogP contribution < -0.4 is 20.1 Å². The Morgan fingerprint density at radius 3 is 2.37 bits per heavy atom. The van der Waals surface area contributed by atoms with Crippen LogP contribution in [0.5, 0.6) is 11.5 Å². The van der Waals surface area contributed by atoms with Crippen LogP contribution in [0.2, 0.25) is 0 Å². The van der Waals surface area contributed by atoms with E-state index in [4.69, 9.17) is 4.74 Å². The monoisotopic (exact) mass is 597 g/mol. The quantitative estimate of drug-likeness (QED) is 0.220. The topological polar surface area (TPSA) is 79.9 Å². The van der Waals surface area contributed by atoms with E-state index in [0.29, 0.717) is 60.6 Å². The second-order valence-corrected chi connectivity index (χ2v) is 10.7. The van der Waals surface area contributed by atoms with Gasteiger partial charge in [0.25, 0.3) is 5.91 Å². The molecule has 0 bridgehead atoms. The summed E-state index contributed by atoms with van der Waals surface area (Å²) in [4.78, 5) is 27.7. The number of urea groups is 1. The van der Waals surface area contributed by atoms with Crippen LogP contribution in [-0.4, -0.2) is 48.9 Å². The van der Waals surface area contributed by atoms with Crippen molar-refractivity contribution in [2.75, 3.05) is 25.0 Å². The molecule has 0 atom stereocenters. The minimum Gasteiger partial charge on any atom is -0.490 e. The lowest BCUT2D eigenvalue weighted by Gasteiger charge is -2.32. The van der Waals surface area contributed by atoms with Crippen LogP contribution in [-0.2, 0) is 0 Å². The van der Waals surface area contributed by atoms with Crippen molar-refractivity contribution in [2.45, 2.75) is 64.8 Å². The van der Waals surface area contributed by atoms with Gasteiger partial charge in [-0.15, -0.1) is 13.2 Å². The van der Waals surface area contributed by atoms with Gasteiger partial charge in [0.1, 0.15) is 17.6 Å². The van der Waals surface area contributed by atoms with Gasteiger partial charge in [0.2, 0.25) is 0 Å². The minimum atomic E-state index is -4.89. The normalized spacial score (nSPS) is 13.8. The van der Waals surface area contributed by atoms with Crippen LogP contribution in [0.1, 0.15) is 61.4 Å². The van der Waals surface area contributed by atoms with E-state index < -0.39 is 18.0 Å². The molecule has 1 saturated heterocycles. The second-order valence-electron chi connectivity index (χ2n) is 10.7. The number of benzene rings is 3. The van der Waals surface area contributed by atoms with Gasteiger partial charge in [0, 0.05) is 44.2 Å². The number of amides is 3. The number of likely N-dealkylation sites (tertiary alicyclic amines) is 1. The number of hydrogen-bond acceptors (Lipinski definition) is 4. The Balaban J connectivity index is 1.40. The lowest BCUT2D eigenvalue weighted by Crippen LogP contribution is -2.46. The van der Waals surface area contributed by atoms with Crippen LogP contribution in [0, 0.1) is 6.92 Å². The molecule has 1 aliphatic heterocycles. The van der Waals surface area contributed by atoms with Gasteiger partial charge in [0.05, 0.1) is 5.56 Å². The highest BCUT2D eigenvalue weighted by Crippen LogP contribution is 2.34. The lowest BCUT2D eigenvalue weighted by molar-refractivity contribution is -0.274. The fourth-order valence-electron chi connectivity index (χ4n) is 5.19. The Hall–Kier alpha value is -4.21. The average molecular weight is 598 g/mol. The molecule has 3 amide bonds. The molecule has 0 unspecified atom stereocenters. The number of aryl methyl sites for hydroxylation is 1. The molecule has 0 aliphatic carbocycles. The fraction of sp³-hybridized carbons (Fsp3) is 0.394.